The van der Waals surface area contributed by atoms with Crippen molar-refractivity contribution in [1.29, 1.82) is 0 Å². The summed E-state index contributed by atoms with van der Waals surface area (Å²) in [5.74, 6) is 1.00. The van der Waals surface area contributed by atoms with E-state index in [0.29, 0.717) is 11.5 Å². The summed E-state index contributed by atoms with van der Waals surface area (Å²) in [6.45, 7) is 4.25. The van der Waals surface area contributed by atoms with E-state index >= 15 is 0 Å². The molecule has 0 unspecified atom stereocenters. The average Bonchev–Trinajstić information content (AvgIpc) is 2.84. The molecule has 4 atom stereocenters. The number of hydrogen-bond acceptors (Lipinski definition) is 4. The molecule has 0 saturated carbocycles. The molecule has 0 aliphatic carbocycles. The highest BCUT2D eigenvalue weighted by Gasteiger charge is 2.43. The van der Waals surface area contributed by atoms with Gasteiger partial charge in [0.2, 0.25) is 0 Å². The van der Waals surface area contributed by atoms with Crippen molar-refractivity contribution in [2.75, 3.05) is 23.0 Å². The number of sulfone groups is 1. The minimum Gasteiger partial charge on any atom is -0.259 e. The Balaban J connectivity index is 2.56. The molecule has 1 fully saturated rings. The molecule has 1 heterocycles. The van der Waals surface area contributed by atoms with E-state index in [-0.39, 0.29) is 11.5 Å². The van der Waals surface area contributed by atoms with E-state index in [9.17, 15) is 16.8 Å². The molecule has 1 aliphatic heterocycles. The normalized spacial score (nSPS) is 26.2. The topological polar surface area (TPSA) is 68.3 Å². The van der Waals surface area contributed by atoms with Crippen molar-refractivity contribution in [3.05, 3.63) is 0 Å². The maximum absolute atomic E-state index is 12.5. The highest BCUT2D eigenvalue weighted by molar-refractivity contribution is 7.97. The molecule has 0 bridgehead atoms. The zero-order valence-electron chi connectivity index (χ0n) is 14.5. The van der Waals surface area contributed by atoms with Gasteiger partial charge in [0.25, 0.3) is 0 Å². The summed E-state index contributed by atoms with van der Waals surface area (Å²) in [5.41, 5.74) is 0. The van der Waals surface area contributed by atoms with Crippen LogP contribution in [0.5, 0.6) is 0 Å². The summed E-state index contributed by atoms with van der Waals surface area (Å²) in [6.07, 6.45) is 8.28. The first-order valence-electron chi connectivity index (χ1n) is 8.86. The van der Waals surface area contributed by atoms with Gasteiger partial charge in [-0.1, -0.05) is 52.4 Å². The van der Waals surface area contributed by atoms with Gasteiger partial charge in [0.05, 0.1) is 22.0 Å². The van der Waals surface area contributed by atoms with Crippen LogP contribution in [0, 0.1) is 0 Å². The van der Waals surface area contributed by atoms with Crippen LogP contribution in [0.2, 0.25) is 0 Å². The second-order valence-electron chi connectivity index (χ2n) is 6.44. The van der Waals surface area contributed by atoms with Gasteiger partial charge in [-0.3, -0.25) is 8.42 Å². The van der Waals surface area contributed by atoms with Crippen molar-refractivity contribution in [2.45, 2.75) is 75.7 Å². The van der Waals surface area contributed by atoms with Crippen LogP contribution in [0.3, 0.4) is 0 Å². The lowest BCUT2D eigenvalue weighted by Gasteiger charge is -2.17. The van der Waals surface area contributed by atoms with Gasteiger partial charge in [-0.2, -0.15) is 0 Å². The molecule has 0 aromatic heterocycles. The summed E-state index contributed by atoms with van der Waals surface area (Å²) in [5, 5.41) is -0.845. The fraction of sp³-hybridized carbons (Fsp3) is 1.00. The lowest BCUT2D eigenvalue weighted by molar-refractivity contribution is 0.602. The predicted octanol–water partition coefficient (Wildman–Crippen LogP) is 2.81. The first-order chi connectivity index (χ1) is 10.9. The van der Waals surface area contributed by atoms with Gasteiger partial charge in [-0.05, 0) is 12.8 Å². The Hall–Kier alpha value is 0.250. The third kappa shape index (κ3) is 7.78. The maximum atomic E-state index is 12.5. The molecular formula is C16H32O4S3. The van der Waals surface area contributed by atoms with Crippen LogP contribution in [0.4, 0.5) is 0 Å². The molecule has 138 valence electrons. The van der Waals surface area contributed by atoms with Crippen molar-refractivity contribution in [2.24, 2.45) is 0 Å². The van der Waals surface area contributed by atoms with Gasteiger partial charge in [0.15, 0.2) is 9.84 Å². The lowest BCUT2D eigenvalue weighted by Crippen LogP contribution is -2.34. The maximum Gasteiger partial charge on any atom is 0.152 e. The minimum atomic E-state index is -3.19. The van der Waals surface area contributed by atoms with Crippen LogP contribution in [-0.4, -0.2) is 50.3 Å². The highest BCUT2D eigenvalue weighted by Crippen LogP contribution is 2.24. The van der Waals surface area contributed by atoms with E-state index in [1.54, 1.807) is 0 Å². The van der Waals surface area contributed by atoms with Crippen molar-refractivity contribution in [3.63, 3.8) is 0 Å². The third-order valence-corrected chi connectivity index (χ3v) is 10.4. The van der Waals surface area contributed by atoms with Crippen molar-refractivity contribution >= 4 is 31.4 Å². The molecule has 23 heavy (non-hydrogen) atoms. The molecule has 0 spiro atoms. The zero-order chi connectivity index (χ0) is 17.3. The molecule has 0 aromatic carbocycles. The van der Waals surface area contributed by atoms with Gasteiger partial charge in [-0.25, -0.2) is 8.42 Å². The van der Waals surface area contributed by atoms with Gasteiger partial charge >= 0.3 is 0 Å². The fourth-order valence-electron chi connectivity index (χ4n) is 2.92. The number of unbranched alkanes of at least 4 members (excludes halogenated alkanes) is 6. The molecular weight excluding hydrogens is 352 g/mol. The van der Waals surface area contributed by atoms with Gasteiger partial charge in [-0.15, -0.1) is 0 Å². The summed E-state index contributed by atoms with van der Waals surface area (Å²) < 4.78 is 48.9. The number of hydrogen-bond donors (Lipinski definition) is 0. The Labute approximate surface area is 147 Å². The molecule has 1 rings (SSSR count). The predicted molar refractivity (Wildman–Crippen MR) is 101 cm³/mol. The fourth-order valence-corrected chi connectivity index (χ4v) is 10.4. The van der Waals surface area contributed by atoms with Crippen molar-refractivity contribution < 1.29 is 16.8 Å². The second kappa shape index (κ2) is 11.0. The molecule has 0 N–H and O–H groups in total. The van der Waals surface area contributed by atoms with E-state index in [2.05, 4.69) is 13.8 Å². The van der Waals surface area contributed by atoms with E-state index in [1.165, 1.54) is 0 Å². The summed E-state index contributed by atoms with van der Waals surface area (Å²) in [6, 6.07) is 0. The van der Waals surface area contributed by atoms with Gasteiger partial charge in [0.1, 0.15) is 0 Å². The summed E-state index contributed by atoms with van der Waals surface area (Å²) in [4.78, 5) is 0. The first-order valence-corrected chi connectivity index (χ1v) is 13.4. The quantitative estimate of drug-likeness (QED) is 0.485. The van der Waals surface area contributed by atoms with Gasteiger partial charge in [0, 0.05) is 33.1 Å². The number of rotatable bonds is 12. The van der Waals surface area contributed by atoms with Crippen LogP contribution >= 0.6 is 0 Å². The Bertz CT molecular complexity index is 450. The molecule has 4 nitrogen and oxygen atoms in total. The Morgan fingerprint density at radius 2 is 1.13 bits per heavy atom. The van der Waals surface area contributed by atoms with Crippen LogP contribution in [0.25, 0.3) is 0 Å². The van der Waals surface area contributed by atoms with E-state index in [0.717, 1.165) is 51.4 Å². The van der Waals surface area contributed by atoms with Crippen LogP contribution in [0.15, 0.2) is 0 Å². The van der Waals surface area contributed by atoms with E-state index in [1.807, 2.05) is 0 Å². The second-order valence-corrected chi connectivity index (χ2v) is 12.1. The van der Waals surface area contributed by atoms with Gasteiger partial charge < -0.3 is 0 Å². The zero-order valence-corrected chi connectivity index (χ0v) is 16.9. The molecule has 7 heteroatoms. The largest absolute Gasteiger partial charge is 0.259 e. The highest BCUT2D eigenvalue weighted by atomic mass is 32.2. The van der Waals surface area contributed by atoms with Crippen molar-refractivity contribution in [3.8, 4) is 0 Å². The molecule has 1 aliphatic rings. The standard InChI is InChI=1S/C16H32O4S3/c1-3-5-7-9-11-21(17)15-13-23(19,20)14-16(15)22(18)12-10-8-6-4-2/h15-16H,3-14H2,1-2H3/t15-,16+,21-,22+. The Kier molecular flexibility index (Phi) is 10.2. The molecule has 1 saturated heterocycles. The van der Waals surface area contributed by atoms with Crippen LogP contribution in [0.1, 0.15) is 65.2 Å². The van der Waals surface area contributed by atoms with Crippen LogP contribution < -0.4 is 0 Å². The monoisotopic (exact) mass is 384 g/mol. The molecule has 0 aromatic rings. The summed E-state index contributed by atoms with van der Waals surface area (Å²) in [7, 11) is -5.55. The third-order valence-electron chi connectivity index (χ3n) is 4.32. The Morgan fingerprint density at radius 3 is 1.48 bits per heavy atom. The molecule has 0 amide bonds. The first kappa shape index (κ1) is 21.3. The van der Waals surface area contributed by atoms with Crippen molar-refractivity contribution in [1.82, 2.24) is 0 Å². The van der Waals surface area contributed by atoms with E-state index in [4.69, 9.17) is 0 Å². The van der Waals surface area contributed by atoms with E-state index < -0.39 is 41.9 Å². The van der Waals surface area contributed by atoms with Crippen LogP contribution in [-0.2, 0) is 31.4 Å². The SMILES string of the molecule is CCCCCC[S@@](=O)[C@@H]1CS(=O)(=O)C[C@@H]1[S@@](=O)CCCCCC. The summed E-state index contributed by atoms with van der Waals surface area (Å²) >= 11 is 0. The Morgan fingerprint density at radius 1 is 0.739 bits per heavy atom. The minimum absolute atomic E-state index is 0.0429. The molecule has 0 radical (unpaired) electrons. The average molecular weight is 385 g/mol. The smallest absolute Gasteiger partial charge is 0.152 e. The lowest BCUT2D eigenvalue weighted by atomic mass is 10.2.